The molecule has 0 radical (unpaired) electrons. The zero-order chi connectivity index (χ0) is 10.0. The molecule has 74 valence electrons. The summed E-state index contributed by atoms with van der Waals surface area (Å²) >= 11 is 0. The maximum atomic E-state index is 8.90. The molecule has 1 heterocycles. The minimum atomic E-state index is -0.198. The van der Waals surface area contributed by atoms with E-state index in [2.05, 4.69) is 33.8 Å². The summed E-state index contributed by atoms with van der Waals surface area (Å²) in [7, 11) is 0. The van der Waals surface area contributed by atoms with E-state index in [9.17, 15) is 0 Å². The minimum Gasteiger partial charge on any atom is -0.359 e. The van der Waals surface area contributed by atoms with Crippen molar-refractivity contribution in [3.8, 4) is 6.07 Å². The maximum absolute atomic E-state index is 8.90. The van der Waals surface area contributed by atoms with Gasteiger partial charge in [0.15, 0.2) is 0 Å². The van der Waals surface area contributed by atoms with Crippen LogP contribution in [0.2, 0.25) is 0 Å². The van der Waals surface area contributed by atoms with Gasteiger partial charge in [-0.3, -0.25) is 0 Å². The van der Waals surface area contributed by atoms with Gasteiger partial charge in [-0.15, -0.1) is 0 Å². The Hall–Kier alpha value is -0.550. The average molecular weight is 181 g/mol. The first-order valence-electron chi connectivity index (χ1n) is 5.16. The van der Waals surface area contributed by atoms with Crippen LogP contribution in [0.5, 0.6) is 0 Å². The number of ether oxygens (including phenoxy) is 1. The van der Waals surface area contributed by atoms with Gasteiger partial charge in [-0.1, -0.05) is 27.7 Å². The summed E-state index contributed by atoms with van der Waals surface area (Å²) in [5.74, 6) is 1.52. The van der Waals surface area contributed by atoms with Crippen molar-refractivity contribution in [2.24, 2.45) is 17.8 Å². The Morgan fingerprint density at radius 1 is 1.15 bits per heavy atom. The van der Waals surface area contributed by atoms with Crippen molar-refractivity contribution in [3.05, 3.63) is 0 Å². The lowest BCUT2D eigenvalue weighted by Crippen LogP contribution is -2.43. The van der Waals surface area contributed by atoms with Crippen molar-refractivity contribution < 1.29 is 4.74 Å². The lowest BCUT2D eigenvalue weighted by molar-refractivity contribution is -0.109. The topological polar surface area (TPSA) is 33.0 Å². The average Bonchev–Trinajstić information content (AvgIpc) is 2.15. The summed E-state index contributed by atoms with van der Waals surface area (Å²) in [6.45, 7) is 8.69. The van der Waals surface area contributed by atoms with Gasteiger partial charge in [0, 0.05) is 0 Å². The molecule has 3 unspecified atom stereocenters. The predicted molar refractivity (Wildman–Crippen MR) is 52.1 cm³/mol. The van der Waals surface area contributed by atoms with Crippen molar-refractivity contribution in [1.29, 1.82) is 5.26 Å². The van der Waals surface area contributed by atoms with E-state index in [1.165, 1.54) is 0 Å². The van der Waals surface area contributed by atoms with Gasteiger partial charge in [-0.25, -0.2) is 0 Å². The molecular weight excluding hydrogens is 162 g/mol. The summed E-state index contributed by atoms with van der Waals surface area (Å²) in [6.07, 6.45) is 1.09. The van der Waals surface area contributed by atoms with Crippen LogP contribution in [0.3, 0.4) is 0 Å². The Morgan fingerprint density at radius 2 is 1.77 bits per heavy atom. The molecule has 0 amide bonds. The summed E-state index contributed by atoms with van der Waals surface area (Å²) in [5, 5.41) is 8.90. The van der Waals surface area contributed by atoms with Gasteiger partial charge < -0.3 is 4.74 Å². The molecule has 1 fully saturated rings. The van der Waals surface area contributed by atoms with E-state index >= 15 is 0 Å². The smallest absolute Gasteiger partial charge is 0.147 e. The fourth-order valence-corrected chi connectivity index (χ4v) is 2.15. The van der Waals surface area contributed by atoms with Crippen LogP contribution in [0.4, 0.5) is 0 Å². The molecule has 0 aliphatic carbocycles. The second-order valence-electron chi connectivity index (χ2n) is 4.21. The van der Waals surface area contributed by atoms with Crippen molar-refractivity contribution in [3.63, 3.8) is 0 Å². The molecule has 1 aliphatic rings. The van der Waals surface area contributed by atoms with Crippen LogP contribution in [0, 0.1) is 29.1 Å². The Morgan fingerprint density at radius 3 is 2.23 bits per heavy atom. The first kappa shape index (κ1) is 10.5. The molecule has 0 aromatic heterocycles. The first-order valence-corrected chi connectivity index (χ1v) is 5.16. The molecule has 1 saturated heterocycles. The van der Waals surface area contributed by atoms with Gasteiger partial charge in [-0.05, 0) is 24.2 Å². The van der Waals surface area contributed by atoms with Crippen LogP contribution in [0.1, 0.15) is 34.1 Å². The quantitative estimate of drug-likeness (QED) is 0.623. The van der Waals surface area contributed by atoms with E-state index in [1.807, 2.05) is 0 Å². The number of hydrogen-bond donors (Lipinski definition) is 0. The molecule has 2 heteroatoms. The van der Waals surface area contributed by atoms with Crippen LogP contribution in [0.15, 0.2) is 0 Å². The van der Waals surface area contributed by atoms with Crippen LogP contribution < -0.4 is 0 Å². The molecular formula is C11H19NO. The highest BCUT2D eigenvalue weighted by molar-refractivity contribution is 4.96. The molecule has 5 atom stereocenters. The lowest BCUT2D eigenvalue weighted by Gasteiger charge is -2.40. The standard InChI is InChI=1S/C11H19NO/c1-5-10-8(3)7(2)9(4)11(6-12)13-10/h7-11H,5H2,1-4H3/t7?,8-,9?,10?,11-/m1/s1. The van der Waals surface area contributed by atoms with E-state index in [0.29, 0.717) is 17.8 Å². The monoisotopic (exact) mass is 181 g/mol. The van der Waals surface area contributed by atoms with Crippen molar-refractivity contribution in [2.75, 3.05) is 0 Å². The molecule has 0 saturated carbocycles. The minimum absolute atomic E-state index is 0.198. The largest absolute Gasteiger partial charge is 0.359 e. The number of nitriles is 1. The van der Waals surface area contributed by atoms with Crippen molar-refractivity contribution >= 4 is 0 Å². The van der Waals surface area contributed by atoms with E-state index in [4.69, 9.17) is 10.00 Å². The molecule has 1 aliphatic heterocycles. The van der Waals surface area contributed by atoms with Crippen molar-refractivity contribution in [1.82, 2.24) is 0 Å². The highest BCUT2D eigenvalue weighted by atomic mass is 16.5. The molecule has 0 aromatic rings. The molecule has 0 N–H and O–H groups in total. The van der Waals surface area contributed by atoms with Gasteiger partial charge in [0.05, 0.1) is 12.2 Å². The summed E-state index contributed by atoms with van der Waals surface area (Å²) in [4.78, 5) is 0. The van der Waals surface area contributed by atoms with E-state index < -0.39 is 0 Å². The third kappa shape index (κ3) is 1.86. The Balaban J connectivity index is 2.73. The van der Waals surface area contributed by atoms with E-state index in [0.717, 1.165) is 6.42 Å². The molecule has 0 spiro atoms. The fraction of sp³-hybridized carbons (Fsp3) is 0.909. The highest BCUT2D eigenvalue weighted by Crippen LogP contribution is 2.35. The summed E-state index contributed by atoms with van der Waals surface area (Å²) in [5.41, 5.74) is 0. The number of nitrogens with zero attached hydrogens (tertiary/aromatic N) is 1. The molecule has 2 nitrogen and oxygen atoms in total. The highest BCUT2D eigenvalue weighted by Gasteiger charge is 2.37. The SMILES string of the molecule is CCC1O[C@H](C#N)C(C)C(C)[C@H]1C. The van der Waals surface area contributed by atoms with Crippen LogP contribution in [-0.2, 0) is 4.74 Å². The lowest BCUT2D eigenvalue weighted by atomic mass is 9.76. The van der Waals surface area contributed by atoms with Gasteiger partial charge >= 0.3 is 0 Å². The molecule has 13 heavy (non-hydrogen) atoms. The Labute approximate surface area is 80.9 Å². The summed E-state index contributed by atoms with van der Waals surface area (Å²) in [6, 6.07) is 2.25. The summed E-state index contributed by atoms with van der Waals surface area (Å²) < 4.78 is 5.72. The first-order chi connectivity index (χ1) is 6.11. The zero-order valence-corrected chi connectivity index (χ0v) is 8.95. The number of hydrogen-bond acceptors (Lipinski definition) is 2. The number of rotatable bonds is 1. The molecule has 0 bridgehead atoms. The Bertz CT molecular complexity index is 207. The molecule has 1 rings (SSSR count). The molecule has 0 aromatic carbocycles. The Kier molecular flexibility index (Phi) is 3.33. The zero-order valence-electron chi connectivity index (χ0n) is 8.95. The second-order valence-corrected chi connectivity index (χ2v) is 4.21. The van der Waals surface area contributed by atoms with Crippen LogP contribution >= 0.6 is 0 Å². The third-order valence-electron chi connectivity index (χ3n) is 3.57. The van der Waals surface area contributed by atoms with Gasteiger partial charge in [-0.2, -0.15) is 5.26 Å². The van der Waals surface area contributed by atoms with Crippen LogP contribution in [0.25, 0.3) is 0 Å². The fourth-order valence-electron chi connectivity index (χ4n) is 2.15. The van der Waals surface area contributed by atoms with Crippen molar-refractivity contribution in [2.45, 2.75) is 46.3 Å². The third-order valence-corrected chi connectivity index (χ3v) is 3.57. The van der Waals surface area contributed by atoms with Gasteiger partial charge in [0.1, 0.15) is 6.10 Å². The second kappa shape index (κ2) is 4.11. The normalized spacial score (nSPS) is 45.6. The predicted octanol–water partition coefficient (Wildman–Crippen LogP) is 2.60. The van der Waals surface area contributed by atoms with Gasteiger partial charge in [0.25, 0.3) is 0 Å². The van der Waals surface area contributed by atoms with Crippen LogP contribution in [-0.4, -0.2) is 12.2 Å². The van der Waals surface area contributed by atoms with Gasteiger partial charge in [0.2, 0.25) is 0 Å². The van der Waals surface area contributed by atoms with E-state index in [-0.39, 0.29) is 12.2 Å². The van der Waals surface area contributed by atoms with E-state index in [1.54, 1.807) is 0 Å². The maximum Gasteiger partial charge on any atom is 0.147 e.